The molecule has 0 bridgehead atoms. The van der Waals surface area contributed by atoms with Crippen molar-refractivity contribution in [2.45, 2.75) is 144 Å². The lowest BCUT2D eigenvalue weighted by Crippen LogP contribution is -2.68. The fourth-order valence-corrected chi connectivity index (χ4v) is 6.30. The fourth-order valence-electron chi connectivity index (χ4n) is 5.79. The molecule has 288 valence electrons. The molecule has 0 aromatic rings. The number of ether oxygens (including phenoxy) is 7. The van der Waals surface area contributed by atoms with Crippen LogP contribution in [-0.4, -0.2) is 174 Å². The molecule has 3 aliphatic heterocycles. The minimum absolute atomic E-state index is 0.163. The van der Waals surface area contributed by atoms with Gasteiger partial charge >= 0.3 is 16.4 Å². The van der Waals surface area contributed by atoms with E-state index in [0.29, 0.717) is 19.3 Å². The van der Waals surface area contributed by atoms with Gasteiger partial charge in [-0.05, 0) is 19.8 Å². The second kappa shape index (κ2) is 19.6. The summed E-state index contributed by atoms with van der Waals surface area (Å²) in [5.41, 5.74) is 6.50. The molecule has 3 aliphatic rings. The van der Waals surface area contributed by atoms with E-state index in [2.05, 4.69) is 8.92 Å². The van der Waals surface area contributed by atoms with Gasteiger partial charge in [-0.3, -0.25) is 9.35 Å². The number of hydrogen-bond donors (Lipinski definition) is 9. The quantitative estimate of drug-likeness (QED) is 0.0370. The van der Waals surface area contributed by atoms with Crippen molar-refractivity contribution >= 4 is 16.4 Å². The largest absolute Gasteiger partial charge is 0.469 e. The molecule has 0 aliphatic carbocycles. The van der Waals surface area contributed by atoms with Crippen LogP contribution in [0, 0.1) is 0 Å². The molecule has 0 aromatic carbocycles. The fraction of sp³-hybridized carbons (Fsp3) is 0.964. The van der Waals surface area contributed by atoms with Crippen molar-refractivity contribution in [1.29, 1.82) is 0 Å². The van der Waals surface area contributed by atoms with Gasteiger partial charge in [0.15, 0.2) is 18.9 Å². The van der Waals surface area contributed by atoms with Gasteiger partial charge < -0.3 is 74.6 Å². The Morgan fingerprint density at radius 1 is 0.714 bits per heavy atom. The van der Waals surface area contributed by atoms with E-state index in [-0.39, 0.29) is 12.6 Å². The zero-order valence-corrected chi connectivity index (χ0v) is 28.1. The SMILES string of the molecule is COC(=O)CCCCCCCCO[C@@H]1O[C@H](CO)[C@@H](O[C@@H]2O[C@H](CO)[C@H](O)[C@H](OS(=O)(=O)O)[C@H]2O)[C@H](O[C@@H]2O[C@@H](C)[C@@H](O)[C@@H](O)[C@@H]2O)[C@H]1N. The Morgan fingerprint density at radius 2 is 1.29 bits per heavy atom. The highest BCUT2D eigenvalue weighted by atomic mass is 32.3. The number of rotatable bonds is 18. The highest BCUT2D eigenvalue weighted by Gasteiger charge is 2.54. The summed E-state index contributed by atoms with van der Waals surface area (Å²) in [4.78, 5) is 11.2. The summed E-state index contributed by atoms with van der Waals surface area (Å²) in [6, 6.07) is -1.27. The van der Waals surface area contributed by atoms with E-state index in [1.165, 1.54) is 14.0 Å². The molecule has 15 atom stereocenters. The molecule has 0 saturated carbocycles. The highest BCUT2D eigenvalue weighted by molar-refractivity contribution is 7.80. The number of hydrogen-bond acceptors (Lipinski definition) is 19. The first-order chi connectivity index (χ1) is 23.1. The van der Waals surface area contributed by atoms with Gasteiger partial charge in [0.25, 0.3) is 0 Å². The van der Waals surface area contributed by atoms with Crippen molar-refractivity contribution < 1.29 is 90.9 Å². The lowest BCUT2D eigenvalue weighted by Gasteiger charge is -2.49. The van der Waals surface area contributed by atoms with E-state index < -0.39 is 116 Å². The van der Waals surface area contributed by atoms with Gasteiger partial charge in [-0.2, -0.15) is 8.42 Å². The molecule has 3 rings (SSSR count). The maximum atomic E-state index is 11.4. The predicted octanol–water partition coefficient (Wildman–Crippen LogP) is -3.82. The lowest BCUT2D eigenvalue weighted by atomic mass is 9.95. The smallest absolute Gasteiger partial charge is 0.397 e. The average molecular weight is 738 g/mol. The van der Waals surface area contributed by atoms with E-state index >= 15 is 0 Å². The third kappa shape index (κ3) is 11.6. The van der Waals surface area contributed by atoms with Crippen LogP contribution in [-0.2, 0) is 52.5 Å². The molecule has 3 heterocycles. The van der Waals surface area contributed by atoms with Crippen molar-refractivity contribution in [3.05, 3.63) is 0 Å². The number of esters is 1. The van der Waals surface area contributed by atoms with Crippen LogP contribution in [0.1, 0.15) is 51.9 Å². The molecule has 0 spiro atoms. The van der Waals surface area contributed by atoms with Crippen molar-refractivity contribution in [1.82, 2.24) is 0 Å². The van der Waals surface area contributed by atoms with Crippen molar-refractivity contribution in [3.63, 3.8) is 0 Å². The monoisotopic (exact) mass is 737 g/mol. The van der Waals surface area contributed by atoms with Crippen LogP contribution < -0.4 is 5.73 Å². The normalized spacial score (nSPS) is 40.3. The van der Waals surface area contributed by atoms with E-state index in [0.717, 1.165) is 25.7 Å². The van der Waals surface area contributed by atoms with Gasteiger partial charge in [0.05, 0.1) is 32.5 Å². The predicted molar refractivity (Wildman–Crippen MR) is 160 cm³/mol. The van der Waals surface area contributed by atoms with Gasteiger partial charge in [-0.25, -0.2) is 4.18 Å². The van der Waals surface area contributed by atoms with Gasteiger partial charge in [0, 0.05) is 13.0 Å². The van der Waals surface area contributed by atoms with Gasteiger partial charge in [0.1, 0.15) is 61.0 Å². The Kier molecular flexibility index (Phi) is 16.9. The second-order valence-electron chi connectivity index (χ2n) is 12.2. The Balaban J connectivity index is 1.75. The Hall–Kier alpha value is -1.22. The Labute approximate surface area is 283 Å². The molecule has 0 aromatic heterocycles. The summed E-state index contributed by atoms with van der Waals surface area (Å²) >= 11 is 0. The molecule has 3 fully saturated rings. The van der Waals surface area contributed by atoms with Crippen molar-refractivity contribution in [2.75, 3.05) is 26.9 Å². The van der Waals surface area contributed by atoms with Crippen LogP contribution in [0.3, 0.4) is 0 Å². The average Bonchev–Trinajstić information content (AvgIpc) is 3.06. The van der Waals surface area contributed by atoms with Crippen molar-refractivity contribution in [2.24, 2.45) is 5.73 Å². The number of carbonyl (C=O) groups is 1. The highest BCUT2D eigenvalue weighted by Crippen LogP contribution is 2.34. The Bertz CT molecular complexity index is 1100. The zero-order valence-electron chi connectivity index (χ0n) is 27.3. The standard InChI is InChI=1S/C28H51NO19S/c1-13-18(33)20(35)21(36)27(43-13)47-24-17(29)26(42-10-8-6-4-3-5-7-9-16(32)41-2)45-15(12-31)23(24)46-28-22(37)25(48-49(38,39)40)19(34)14(11-30)44-28/h13-15,17-28,30-31,33-37H,3-12,29H2,1-2H3,(H,38,39,40)/t13-,14+,15+,17+,18+,19-,20+,21-,22+,23+,24+,25-,26+,27-,28-/m0/s1. The lowest BCUT2D eigenvalue weighted by molar-refractivity contribution is -0.371. The van der Waals surface area contributed by atoms with E-state index in [9.17, 15) is 53.5 Å². The third-order valence-corrected chi connectivity index (χ3v) is 9.07. The van der Waals surface area contributed by atoms with Gasteiger partial charge in [0.2, 0.25) is 0 Å². The summed E-state index contributed by atoms with van der Waals surface area (Å²) in [7, 11) is -3.89. The van der Waals surface area contributed by atoms with Crippen LogP contribution in [0.2, 0.25) is 0 Å². The van der Waals surface area contributed by atoms with Crippen LogP contribution >= 0.6 is 0 Å². The summed E-state index contributed by atoms with van der Waals surface area (Å²) in [5, 5.41) is 72.4. The van der Waals surface area contributed by atoms with Crippen LogP contribution in [0.15, 0.2) is 0 Å². The molecule has 10 N–H and O–H groups in total. The topological polar surface area (TPSA) is 313 Å². The summed E-state index contributed by atoms with van der Waals surface area (Å²) in [5.74, 6) is -0.257. The molecule has 3 saturated heterocycles. The van der Waals surface area contributed by atoms with E-state index in [1.54, 1.807) is 0 Å². The number of nitrogens with two attached hydrogens (primary N) is 1. The number of aliphatic hydroxyl groups excluding tert-OH is 7. The minimum Gasteiger partial charge on any atom is -0.469 e. The van der Waals surface area contributed by atoms with Crippen LogP contribution in [0.5, 0.6) is 0 Å². The zero-order chi connectivity index (χ0) is 36.5. The molecular weight excluding hydrogens is 686 g/mol. The Morgan fingerprint density at radius 3 is 1.90 bits per heavy atom. The number of aliphatic hydroxyl groups is 7. The number of carbonyl (C=O) groups excluding carboxylic acids is 1. The first-order valence-electron chi connectivity index (χ1n) is 16.1. The number of unbranched alkanes of at least 4 members (excludes halogenated alkanes) is 5. The molecule has 20 nitrogen and oxygen atoms in total. The first-order valence-corrected chi connectivity index (χ1v) is 17.5. The minimum atomic E-state index is -5.23. The molecule has 21 heteroatoms. The number of methoxy groups -OCH3 is 1. The maximum absolute atomic E-state index is 11.4. The van der Waals surface area contributed by atoms with Gasteiger partial charge in [-0.15, -0.1) is 0 Å². The molecule has 0 unspecified atom stereocenters. The first kappa shape index (κ1) is 42.2. The molecular formula is C28H51NO19S. The summed E-state index contributed by atoms with van der Waals surface area (Å²) in [6.07, 6.45) is -17.8. The van der Waals surface area contributed by atoms with E-state index in [1.807, 2.05) is 0 Å². The molecule has 49 heavy (non-hydrogen) atoms. The van der Waals surface area contributed by atoms with E-state index in [4.69, 9.17) is 34.2 Å². The van der Waals surface area contributed by atoms with Gasteiger partial charge in [-0.1, -0.05) is 25.7 Å². The van der Waals surface area contributed by atoms with Crippen molar-refractivity contribution in [3.8, 4) is 0 Å². The van der Waals surface area contributed by atoms with Crippen LogP contribution in [0.4, 0.5) is 0 Å². The second-order valence-corrected chi connectivity index (χ2v) is 13.2. The maximum Gasteiger partial charge on any atom is 0.397 e. The summed E-state index contributed by atoms with van der Waals surface area (Å²) in [6.45, 7) is -0.102. The summed E-state index contributed by atoms with van der Waals surface area (Å²) < 4.78 is 75.7. The third-order valence-electron chi connectivity index (χ3n) is 8.60. The molecule has 0 radical (unpaired) electrons. The van der Waals surface area contributed by atoms with Crippen LogP contribution in [0.25, 0.3) is 0 Å². The molecule has 0 amide bonds.